The zero-order chi connectivity index (χ0) is 73.4. The van der Waals surface area contributed by atoms with Crippen molar-refractivity contribution in [3.05, 3.63) is 29.8 Å². The van der Waals surface area contributed by atoms with Crippen LogP contribution in [-0.4, -0.2) is 286 Å². The maximum absolute atomic E-state index is 17.2. The fourth-order valence-electron chi connectivity index (χ4n) is 10.7. The molecule has 0 radical (unpaired) electrons. The average molecular weight is 1400 g/mol. The van der Waals surface area contributed by atoms with Crippen molar-refractivity contribution in [1.82, 2.24) is 62.1 Å². The minimum Gasteiger partial charge on any atom is -0.481 e. The first kappa shape index (κ1) is 84.1. The number of unbranched alkanes of at least 4 members (excludes halogenated alkanes) is 1. The number of benzene rings is 1. The summed E-state index contributed by atoms with van der Waals surface area (Å²) >= 11 is 0. The monoisotopic (exact) mass is 1400 g/mol. The van der Waals surface area contributed by atoms with E-state index in [1.54, 1.807) is 61.1 Å². The number of rotatable bonds is 40. The Bertz CT molecular complexity index is 2870. The molecule has 1 fully saturated rings. The fourth-order valence-corrected chi connectivity index (χ4v) is 15.3. The molecule has 1 heterocycles. The van der Waals surface area contributed by atoms with Crippen LogP contribution in [0.1, 0.15) is 123 Å². The van der Waals surface area contributed by atoms with Crippen LogP contribution in [0.5, 0.6) is 0 Å². The third-order valence-electron chi connectivity index (χ3n) is 15.7. The van der Waals surface area contributed by atoms with Gasteiger partial charge in [0, 0.05) is 103 Å². The lowest BCUT2D eigenvalue weighted by Gasteiger charge is -2.44. The molecule has 1 aliphatic rings. The normalized spacial score (nSPS) is 15.5. The number of carbonyl (C=O) groups excluding carboxylic acids is 7. The minimum atomic E-state index is -3.78. The Labute approximate surface area is 560 Å². The van der Waals surface area contributed by atoms with Gasteiger partial charge < -0.3 is 87.5 Å². The molecular formula is C60H95FN12O23Si. The molecule has 2 rings (SSSR count). The number of carbonyl (C=O) groups is 15. The van der Waals surface area contributed by atoms with E-state index in [2.05, 4.69) is 31.9 Å². The molecule has 0 bridgehead atoms. The van der Waals surface area contributed by atoms with Crippen LogP contribution in [0.3, 0.4) is 0 Å². The molecule has 544 valence electrons. The number of carboxylic acids is 8. The zero-order valence-electron chi connectivity index (χ0n) is 55.4. The number of urea groups is 1. The van der Waals surface area contributed by atoms with Crippen molar-refractivity contribution in [2.24, 2.45) is 0 Å². The number of carboxylic acid groups (broad SMARTS) is 8. The van der Waals surface area contributed by atoms with Gasteiger partial charge in [-0.05, 0) is 72.3 Å². The van der Waals surface area contributed by atoms with E-state index in [1.165, 1.54) is 24.3 Å². The molecule has 8 amide bonds. The molecule has 1 saturated heterocycles. The topological polar surface area (TPSA) is 527 Å². The third kappa shape index (κ3) is 32.1. The van der Waals surface area contributed by atoms with Crippen molar-refractivity contribution in [3.8, 4) is 0 Å². The van der Waals surface area contributed by atoms with Gasteiger partial charge in [-0.3, -0.25) is 67.5 Å². The molecule has 16 N–H and O–H groups in total. The Morgan fingerprint density at radius 3 is 1.20 bits per heavy atom. The van der Waals surface area contributed by atoms with E-state index >= 15 is 4.11 Å². The quantitative estimate of drug-likeness (QED) is 0.0193. The first-order chi connectivity index (χ1) is 45.2. The van der Waals surface area contributed by atoms with Crippen LogP contribution in [0.15, 0.2) is 24.3 Å². The molecule has 3 unspecified atom stereocenters. The number of hydrogen-bond acceptors (Lipinski definition) is 19. The SMILES string of the molecule is CC(C)(C)[Si](F)(c1ccc(C(=O)NC(CNC(=O)CN2CCN(CC(=O)O)CCN(CC(=O)O)CCN(CC(=O)O)CC2)C(=O)NC(CCCCNC(=O)CCC(=O)NCCCC(NC(=O)CC[C@H](NC(=O)N[C@@H](CCC(=O)O)C(=O)O)C(=O)O)C(=O)O)C(=O)O)cc1)C(C)(C)C. The van der Waals surface area contributed by atoms with Gasteiger partial charge >= 0.3 is 53.8 Å². The molecule has 0 aromatic heterocycles. The van der Waals surface area contributed by atoms with Crippen LogP contribution in [0.2, 0.25) is 10.1 Å². The number of hydrogen-bond donors (Lipinski definition) is 16. The molecule has 97 heavy (non-hydrogen) atoms. The molecule has 1 aromatic carbocycles. The Hall–Kier alpha value is -8.94. The van der Waals surface area contributed by atoms with E-state index in [0.717, 1.165) is 0 Å². The van der Waals surface area contributed by atoms with Crippen LogP contribution in [-0.2, 0) is 62.3 Å². The molecule has 37 heteroatoms. The zero-order valence-corrected chi connectivity index (χ0v) is 56.4. The lowest BCUT2D eigenvalue weighted by atomic mass is 10.1. The van der Waals surface area contributed by atoms with Crippen molar-refractivity contribution in [2.75, 3.05) is 98.2 Å². The van der Waals surface area contributed by atoms with Crippen molar-refractivity contribution in [1.29, 1.82) is 0 Å². The van der Waals surface area contributed by atoms with Gasteiger partial charge in [-0.25, -0.2) is 24.0 Å². The highest BCUT2D eigenvalue weighted by Gasteiger charge is 2.56. The summed E-state index contributed by atoms with van der Waals surface area (Å²) in [5, 5.41) is 93.8. The first-order valence-electron chi connectivity index (χ1n) is 31.5. The molecular weight excluding hydrogens is 1300 g/mol. The Balaban J connectivity index is 2.09. The maximum Gasteiger partial charge on any atom is 0.326 e. The molecule has 0 spiro atoms. The summed E-state index contributed by atoms with van der Waals surface area (Å²) in [7, 11) is -3.78. The highest BCUT2D eigenvalue weighted by molar-refractivity contribution is 6.90. The highest BCUT2D eigenvalue weighted by atomic mass is 28.4. The lowest BCUT2D eigenvalue weighted by Crippen LogP contribution is -2.58. The van der Waals surface area contributed by atoms with Crippen molar-refractivity contribution >= 4 is 103 Å². The van der Waals surface area contributed by atoms with Crippen LogP contribution in [0.4, 0.5) is 8.90 Å². The van der Waals surface area contributed by atoms with Gasteiger partial charge in [-0.2, -0.15) is 0 Å². The number of amides is 8. The number of nitrogens with one attached hydrogen (secondary N) is 8. The molecule has 0 saturated carbocycles. The smallest absolute Gasteiger partial charge is 0.326 e. The third-order valence-corrected chi connectivity index (χ3v) is 20.9. The second kappa shape index (κ2) is 41.2. The van der Waals surface area contributed by atoms with Crippen LogP contribution >= 0.6 is 0 Å². The van der Waals surface area contributed by atoms with Crippen LogP contribution < -0.4 is 47.7 Å². The summed E-state index contributed by atoms with van der Waals surface area (Å²) in [6.07, 6.45) is -3.00. The van der Waals surface area contributed by atoms with E-state index < -0.39 is 183 Å². The van der Waals surface area contributed by atoms with Gasteiger partial charge in [0.05, 0.1) is 26.2 Å². The summed E-state index contributed by atoms with van der Waals surface area (Å²) < 4.78 is 17.2. The predicted octanol–water partition coefficient (Wildman–Crippen LogP) is -1.95. The second-order valence-electron chi connectivity index (χ2n) is 25.4. The number of halogens is 1. The van der Waals surface area contributed by atoms with Gasteiger partial charge in [0.1, 0.15) is 30.2 Å². The fraction of sp³-hybridized carbons (Fsp3) is 0.650. The molecule has 1 aliphatic heterocycles. The molecule has 1 aromatic rings. The molecule has 5 atom stereocenters. The standard InChI is InChI=1S/C60H95FN12O23Si/c1-59(2,3)97(61,60(4,5)6)38-14-12-37(13-15-38)52(86)67-43(32-64-47(77)33-70-24-26-71(34-49(80)81)28-30-73(36-51(84)85)31-29-72(27-25-70)35-50(82)83)53(87)66-40(55(90)91)10-7-8-22-62-44(74)19-20-45(75)63-23-9-11-39(54(88)89)65-46(76)18-16-41(56(92)93)68-58(96)69-42(57(94)95)17-21-48(78)79/h12-15,39-43H,7-11,16-36H2,1-6H3,(H,62,74)(H,63,75)(H,64,77)(H,65,76)(H,66,87)(H,67,86)(H,78,79)(H,80,81)(H,82,83)(H,84,85)(H,88,89)(H,90,91)(H,92,93)(H,94,95)(H2,68,69,96)/t39?,40?,41-,42-,43?/m0/s1. The predicted molar refractivity (Wildman–Crippen MR) is 343 cm³/mol. The van der Waals surface area contributed by atoms with Gasteiger partial charge in [0.2, 0.25) is 29.5 Å². The summed E-state index contributed by atoms with van der Waals surface area (Å²) in [5.74, 6) is -15.6. The summed E-state index contributed by atoms with van der Waals surface area (Å²) in [5.41, 5.74) is 0.00322. The van der Waals surface area contributed by atoms with Crippen LogP contribution in [0, 0.1) is 0 Å². The van der Waals surface area contributed by atoms with Crippen molar-refractivity contribution < 1.29 is 117 Å². The van der Waals surface area contributed by atoms with E-state index in [9.17, 15) is 108 Å². The first-order valence-corrected chi connectivity index (χ1v) is 33.4. The van der Waals surface area contributed by atoms with Gasteiger partial charge in [0.25, 0.3) is 14.3 Å². The van der Waals surface area contributed by atoms with E-state index in [-0.39, 0.29) is 129 Å². The Morgan fingerprint density at radius 2 is 0.794 bits per heavy atom. The van der Waals surface area contributed by atoms with Gasteiger partial charge in [-0.1, -0.05) is 53.7 Å². The minimum absolute atomic E-state index is 0.00322. The average Bonchev–Trinajstić information content (AvgIpc) is 0.749. The van der Waals surface area contributed by atoms with E-state index in [1.807, 2.05) is 10.6 Å². The lowest BCUT2D eigenvalue weighted by molar-refractivity contribution is -0.142. The second-order valence-corrected chi connectivity index (χ2v) is 30.3. The maximum atomic E-state index is 17.2. The van der Waals surface area contributed by atoms with Gasteiger partial charge in [0.15, 0.2) is 0 Å². The van der Waals surface area contributed by atoms with E-state index in [0.29, 0.717) is 5.19 Å². The van der Waals surface area contributed by atoms with Gasteiger partial charge in [-0.15, -0.1) is 0 Å². The summed E-state index contributed by atoms with van der Waals surface area (Å²) in [6, 6.07) is -3.56. The molecule has 0 aliphatic carbocycles. The van der Waals surface area contributed by atoms with E-state index in [4.69, 9.17) is 5.11 Å². The van der Waals surface area contributed by atoms with Crippen molar-refractivity contribution in [3.63, 3.8) is 0 Å². The summed E-state index contributed by atoms with van der Waals surface area (Å²) in [4.78, 5) is 192. The number of aliphatic carboxylic acids is 8. The number of nitrogens with zero attached hydrogens (tertiary/aromatic N) is 4. The summed E-state index contributed by atoms with van der Waals surface area (Å²) in [6.45, 7) is 9.36. The Kier molecular flexibility index (Phi) is 35.8. The molecule has 35 nitrogen and oxygen atoms in total. The highest BCUT2D eigenvalue weighted by Crippen LogP contribution is 2.51. The van der Waals surface area contributed by atoms with Crippen molar-refractivity contribution in [2.45, 2.75) is 152 Å². The Morgan fingerprint density at radius 1 is 0.412 bits per heavy atom. The largest absolute Gasteiger partial charge is 0.481 e. The van der Waals surface area contributed by atoms with Crippen LogP contribution in [0.25, 0.3) is 0 Å².